The Balaban J connectivity index is 1.56. The molecule has 5 rings (SSSR count). The Morgan fingerprint density at radius 3 is 2.53 bits per heavy atom. The van der Waals surface area contributed by atoms with E-state index in [1.807, 2.05) is 42.5 Å². The van der Waals surface area contributed by atoms with Crippen molar-refractivity contribution in [2.75, 3.05) is 0 Å². The van der Waals surface area contributed by atoms with Gasteiger partial charge in [0.25, 0.3) is 0 Å². The van der Waals surface area contributed by atoms with Crippen molar-refractivity contribution in [3.8, 4) is 17.3 Å². The van der Waals surface area contributed by atoms with E-state index in [-0.39, 0.29) is 23.8 Å². The highest BCUT2D eigenvalue weighted by atomic mass is 32.2. The maximum atomic E-state index is 13.3. The van der Waals surface area contributed by atoms with Crippen molar-refractivity contribution in [1.29, 1.82) is 0 Å². The predicted octanol–water partition coefficient (Wildman–Crippen LogP) is 4.16. The summed E-state index contributed by atoms with van der Waals surface area (Å²) in [5.74, 6) is 0.455. The van der Waals surface area contributed by atoms with Crippen LogP contribution in [0.25, 0.3) is 28.0 Å². The molecule has 0 bridgehead atoms. The van der Waals surface area contributed by atoms with Gasteiger partial charge in [0.05, 0.1) is 29.6 Å². The van der Waals surface area contributed by atoms with Crippen molar-refractivity contribution in [3.05, 3.63) is 90.7 Å². The predicted molar refractivity (Wildman–Crippen MR) is 124 cm³/mol. The largest absolute Gasteiger partial charge is 0.461 e. The van der Waals surface area contributed by atoms with Crippen molar-refractivity contribution in [3.63, 3.8) is 0 Å². The lowest BCUT2D eigenvalue weighted by atomic mass is 10.1. The molecule has 3 heterocycles. The summed E-state index contributed by atoms with van der Waals surface area (Å²) in [6.07, 6.45) is 3.62. The monoisotopic (exact) mass is 477 g/mol. The average Bonchev–Trinajstić information content (AvgIpc) is 3.50. The summed E-state index contributed by atoms with van der Waals surface area (Å²) in [7, 11) is -3.69. The number of halogens is 1. The van der Waals surface area contributed by atoms with Crippen molar-refractivity contribution in [2.45, 2.75) is 24.3 Å². The molecule has 172 valence electrons. The Morgan fingerprint density at radius 2 is 1.76 bits per heavy atom. The summed E-state index contributed by atoms with van der Waals surface area (Å²) in [6, 6.07) is 17.1. The minimum Gasteiger partial charge on any atom is -0.461 e. The van der Waals surface area contributed by atoms with Gasteiger partial charge >= 0.3 is 0 Å². The number of furan rings is 1. The highest BCUT2D eigenvalue weighted by Gasteiger charge is 2.28. The lowest BCUT2D eigenvalue weighted by molar-refractivity contribution is 0.573. The van der Waals surface area contributed by atoms with Crippen molar-refractivity contribution < 1.29 is 17.2 Å². The fourth-order valence-corrected chi connectivity index (χ4v) is 5.02. The zero-order chi connectivity index (χ0) is 23.7. The van der Waals surface area contributed by atoms with Crippen LogP contribution in [-0.2, 0) is 22.0 Å². The number of sulfone groups is 1. The van der Waals surface area contributed by atoms with Gasteiger partial charge in [-0.1, -0.05) is 36.4 Å². The second-order valence-corrected chi connectivity index (χ2v) is 10.3. The molecule has 8 nitrogen and oxygen atoms in total. The van der Waals surface area contributed by atoms with Crippen molar-refractivity contribution in [2.24, 2.45) is 0 Å². The Labute approximate surface area is 195 Å². The molecule has 0 N–H and O–H groups in total. The highest BCUT2D eigenvalue weighted by molar-refractivity contribution is 7.91. The molecule has 0 aliphatic heterocycles. The Hall–Kier alpha value is -3.92. The number of hydrogen-bond donors (Lipinski definition) is 0. The molecule has 0 amide bonds. The summed E-state index contributed by atoms with van der Waals surface area (Å²) in [6.45, 7) is 1.58. The molecule has 0 aliphatic carbocycles. The number of fused-ring (bicyclic) bond motifs is 1. The van der Waals surface area contributed by atoms with Gasteiger partial charge in [-0.25, -0.2) is 22.8 Å². The van der Waals surface area contributed by atoms with Crippen LogP contribution >= 0.6 is 0 Å². The van der Waals surface area contributed by atoms with E-state index in [1.54, 1.807) is 23.6 Å². The zero-order valence-electron chi connectivity index (χ0n) is 18.2. The molecular formula is C24H20FN5O3S. The topological polar surface area (TPSA) is 104 Å². The first-order valence-corrected chi connectivity index (χ1v) is 12.3. The van der Waals surface area contributed by atoms with E-state index in [2.05, 4.69) is 20.2 Å². The smallest absolute Gasteiger partial charge is 0.204 e. The van der Waals surface area contributed by atoms with Gasteiger partial charge in [-0.3, -0.25) is 4.57 Å². The van der Waals surface area contributed by atoms with Crippen LogP contribution in [-0.4, -0.2) is 38.4 Å². The molecule has 1 atom stereocenters. The maximum Gasteiger partial charge on any atom is 0.204 e. The van der Waals surface area contributed by atoms with Gasteiger partial charge in [-0.05, 0) is 30.5 Å². The Kier molecular flexibility index (Phi) is 5.66. The molecule has 3 aromatic heterocycles. The molecule has 0 spiro atoms. The number of rotatable bonds is 7. The molecular weight excluding hydrogens is 457 g/mol. The van der Waals surface area contributed by atoms with E-state index in [0.717, 1.165) is 28.9 Å². The van der Waals surface area contributed by atoms with Gasteiger partial charge in [0.1, 0.15) is 11.6 Å². The molecule has 34 heavy (non-hydrogen) atoms. The maximum absolute atomic E-state index is 13.3. The van der Waals surface area contributed by atoms with E-state index in [0.29, 0.717) is 11.6 Å². The van der Waals surface area contributed by atoms with Gasteiger partial charge in [0.2, 0.25) is 5.82 Å². The number of hydrogen-bond acceptors (Lipinski definition) is 7. The first-order chi connectivity index (χ1) is 16.4. The van der Waals surface area contributed by atoms with E-state index in [9.17, 15) is 12.8 Å². The summed E-state index contributed by atoms with van der Waals surface area (Å²) in [5.41, 5.74) is 0.745. The third-order valence-corrected chi connectivity index (χ3v) is 7.62. The summed E-state index contributed by atoms with van der Waals surface area (Å²) in [5, 5.41) is 9.60. The minimum absolute atomic E-state index is 0.0516. The summed E-state index contributed by atoms with van der Waals surface area (Å²) < 4.78 is 46.9. The Bertz CT molecular complexity index is 1540. The van der Waals surface area contributed by atoms with Gasteiger partial charge < -0.3 is 4.42 Å². The van der Waals surface area contributed by atoms with Gasteiger partial charge in [-0.15, -0.1) is 10.2 Å². The van der Waals surface area contributed by atoms with Crippen LogP contribution in [0.15, 0.2) is 77.7 Å². The van der Waals surface area contributed by atoms with E-state index in [4.69, 9.17) is 4.42 Å². The second-order valence-electron chi connectivity index (χ2n) is 7.89. The van der Waals surface area contributed by atoms with Crippen molar-refractivity contribution >= 4 is 20.6 Å². The average molecular weight is 478 g/mol. The van der Waals surface area contributed by atoms with Crippen LogP contribution in [0.1, 0.15) is 18.6 Å². The van der Waals surface area contributed by atoms with Crippen LogP contribution in [0.2, 0.25) is 0 Å². The van der Waals surface area contributed by atoms with E-state index >= 15 is 0 Å². The van der Waals surface area contributed by atoms with Crippen molar-refractivity contribution in [1.82, 2.24) is 24.7 Å². The fraction of sp³-hybridized carbons (Fsp3) is 0.167. The molecule has 5 aromatic rings. The molecule has 10 heteroatoms. The quantitative estimate of drug-likeness (QED) is 0.347. The van der Waals surface area contributed by atoms with Crippen LogP contribution in [0.3, 0.4) is 0 Å². The SMILES string of the molecule is C[C@@H](Cc1ncc(F)cn1)S(=O)(=O)Cc1nnc(-c2ccco2)n1-c1cccc2ccccc12. The van der Waals surface area contributed by atoms with Gasteiger partial charge in [0, 0.05) is 11.8 Å². The van der Waals surface area contributed by atoms with Gasteiger partial charge in [-0.2, -0.15) is 0 Å². The number of nitrogens with zero attached hydrogens (tertiary/aromatic N) is 5. The third kappa shape index (κ3) is 4.19. The van der Waals surface area contributed by atoms with Crippen LogP contribution < -0.4 is 0 Å². The second kappa shape index (κ2) is 8.79. The molecule has 0 saturated carbocycles. The molecule has 0 unspecified atom stereocenters. The van der Waals surface area contributed by atoms with Gasteiger partial charge in [0.15, 0.2) is 27.2 Å². The lowest BCUT2D eigenvalue weighted by Crippen LogP contribution is -2.24. The van der Waals surface area contributed by atoms with Crippen LogP contribution in [0, 0.1) is 5.82 Å². The van der Waals surface area contributed by atoms with Crippen LogP contribution in [0.5, 0.6) is 0 Å². The normalized spacial score (nSPS) is 12.8. The number of aromatic nitrogens is 5. The van der Waals surface area contributed by atoms with E-state index in [1.165, 1.54) is 6.26 Å². The highest BCUT2D eigenvalue weighted by Crippen LogP contribution is 2.29. The molecule has 0 saturated heterocycles. The standard InChI is InChI=1S/C24H20FN5O3S/c1-16(12-22-26-13-18(25)14-27-22)34(31,32)15-23-28-29-24(21-10-5-11-33-21)30(23)20-9-4-7-17-6-2-3-8-19(17)20/h2-11,13-14,16H,12,15H2,1H3/t16-/m0/s1. The minimum atomic E-state index is -3.69. The van der Waals surface area contributed by atoms with Crippen LogP contribution in [0.4, 0.5) is 4.39 Å². The zero-order valence-corrected chi connectivity index (χ0v) is 19.0. The fourth-order valence-electron chi connectivity index (χ4n) is 3.78. The summed E-state index contributed by atoms with van der Waals surface area (Å²) >= 11 is 0. The first kappa shape index (κ1) is 21.9. The summed E-state index contributed by atoms with van der Waals surface area (Å²) in [4.78, 5) is 7.76. The molecule has 0 fully saturated rings. The molecule has 0 radical (unpaired) electrons. The third-order valence-electron chi connectivity index (χ3n) is 5.57. The molecule has 2 aromatic carbocycles. The van der Waals surface area contributed by atoms with E-state index < -0.39 is 20.9 Å². The lowest BCUT2D eigenvalue weighted by Gasteiger charge is -2.15. The first-order valence-electron chi connectivity index (χ1n) is 10.6. The Morgan fingerprint density at radius 1 is 1.00 bits per heavy atom. The molecule has 0 aliphatic rings. The number of benzene rings is 2.